The molecule has 0 N–H and O–H groups in total. The van der Waals surface area contributed by atoms with E-state index < -0.39 is 5.60 Å². The monoisotopic (exact) mass is 287 g/mol. The van der Waals surface area contributed by atoms with E-state index >= 15 is 0 Å². The van der Waals surface area contributed by atoms with E-state index in [0.717, 1.165) is 24.3 Å². The van der Waals surface area contributed by atoms with Gasteiger partial charge >= 0.3 is 6.09 Å². The highest BCUT2D eigenvalue weighted by Gasteiger charge is 2.32. The number of ether oxygens (including phenoxy) is 1. The number of carbonyl (C=O) groups excluding carboxylic acids is 1. The summed E-state index contributed by atoms with van der Waals surface area (Å²) in [7, 11) is 0. The van der Waals surface area contributed by atoms with E-state index in [1.54, 1.807) is 4.90 Å². The van der Waals surface area contributed by atoms with Crippen molar-refractivity contribution < 1.29 is 9.53 Å². The number of likely N-dealkylation sites (tertiary alicyclic amines) is 1. The number of rotatable bonds is 1. The van der Waals surface area contributed by atoms with E-state index in [9.17, 15) is 4.79 Å². The number of hydrogen-bond acceptors (Lipinski definition) is 3. The Morgan fingerprint density at radius 1 is 1.38 bits per heavy atom. The molecule has 0 aromatic carbocycles. The number of aromatic nitrogens is 2. The molecule has 1 amide bonds. The first-order valence-corrected chi connectivity index (χ1v) is 7.34. The van der Waals surface area contributed by atoms with Crippen molar-refractivity contribution in [2.45, 2.75) is 38.7 Å². The van der Waals surface area contributed by atoms with Gasteiger partial charge in [-0.25, -0.2) is 9.78 Å². The molecule has 0 bridgehead atoms. The van der Waals surface area contributed by atoms with E-state index in [1.165, 1.54) is 0 Å². The summed E-state index contributed by atoms with van der Waals surface area (Å²) in [6.45, 7) is 7.06. The maximum Gasteiger partial charge on any atom is 0.410 e. The van der Waals surface area contributed by atoms with Gasteiger partial charge in [0.25, 0.3) is 0 Å². The summed E-state index contributed by atoms with van der Waals surface area (Å²) < 4.78 is 7.54. The summed E-state index contributed by atoms with van der Waals surface area (Å²) in [5.74, 6) is 1.29. The Bertz CT molecular complexity index is 657. The van der Waals surface area contributed by atoms with Crippen molar-refractivity contribution in [1.82, 2.24) is 14.3 Å². The van der Waals surface area contributed by atoms with Crippen LogP contribution in [0.15, 0.2) is 30.6 Å². The molecule has 0 spiro atoms. The molecule has 1 atom stereocenters. The molecule has 5 heteroatoms. The lowest BCUT2D eigenvalue weighted by Gasteiger charge is -2.24. The maximum atomic E-state index is 12.1. The second kappa shape index (κ2) is 5.06. The van der Waals surface area contributed by atoms with Crippen LogP contribution in [0.3, 0.4) is 0 Å². The van der Waals surface area contributed by atoms with Crippen LogP contribution in [0.4, 0.5) is 4.79 Å². The predicted molar refractivity (Wildman–Crippen MR) is 80.4 cm³/mol. The Labute approximate surface area is 124 Å². The van der Waals surface area contributed by atoms with Crippen LogP contribution in [0.1, 0.15) is 38.9 Å². The number of hydrogen-bond donors (Lipinski definition) is 0. The summed E-state index contributed by atoms with van der Waals surface area (Å²) in [6.07, 6.45) is 4.60. The first kappa shape index (κ1) is 13.9. The average molecular weight is 287 g/mol. The van der Waals surface area contributed by atoms with Gasteiger partial charge in [-0.2, -0.15) is 0 Å². The average Bonchev–Trinajstić information content (AvgIpc) is 3.03. The third-order valence-electron chi connectivity index (χ3n) is 3.67. The van der Waals surface area contributed by atoms with Gasteiger partial charge in [-0.1, -0.05) is 6.07 Å². The summed E-state index contributed by atoms with van der Waals surface area (Å²) in [5.41, 5.74) is 0.637. The Morgan fingerprint density at radius 3 is 2.95 bits per heavy atom. The van der Waals surface area contributed by atoms with Crippen LogP contribution in [0.5, 0.6) is 0 Å². The van der Waals surface area contributed by atoms with Gasteiger partial charge in [0.15, 0.2) is 0 Å². The third kappa shape index (κ3) is 2.86. The Hall–Kier alpha value is -2.04. The summed E-state index contributed by atoms with van der Waals surface area (Å²) >= 11 is 0. The van der Waals surface area contributed by atoms with Crippen molar-refractivity contribution >= 4 is 11.6 Å². The fourth-order valence-electron chi connectivity index (χ4n) is 2.73. The van der Waals surface area contributed by atoms with Crippen LogP contribution in [0, 0.1) is 0 Å². The van der Waals surface area contributed by atoms with Gasteiger partial charge in [-0.3, -0.25) is 0 Å². The van der Waals surface area contributed by atoms with Crippen LogP contribution in [-0.2, 0) is 4.74 Å². The van der Waals surface area contributed by atoms with Gasteiger partial charge in [-0.15, -0.1) is 0 Å². The van der Waals surface area contributed by atoms with Crippen molar-refractivity contribution in [3.05, 3.63) is 36.4 Å². The minimum atomic E-state index is -0.449. The quantitative estimate of drug-likeness (QED) is 0.810. The highest BCUT2D eigenvalue weighted by atomic mass is 16.6. The lowest BCUT2D eigenvalue weighted by Crippen LogP contribution is -2.35. The van der Waals surface area contributed by atoms with Crippen molar-refractivity contribution in [2.75, 3.05) is 13.1 Å². The fraction of sp³-hybridized carbons (Fsp3) is 0.500. The van der Waals surface area contributed by atoms with E-state index in [2.05, 4.69) is 9.38 Å². The zero-order chi connectivity index (χ0) is 15.0. The zero-order valence-corrected chi connectivity index (χ0v) is 12.7. The van der Waals surface area contributed by atoms with Crippen LogP contribution < -0.4 is 0 Å². The molecule has 2 aromatic rings. The number of pyridine rings is 1. The van der Waals surface area contributed by atoms with Crippen molar-refractivity contribution in [1.29, 1.82) is 0 Å². The molecule has 0 saturated carbocycles. The van der Waals surface area contributed by atoms with Gasteiger partial charge in [0.05, 0.1) is 11.7 Å². The molecule has 1 aliphatic heterocycles. The topological polar surface area (TPSA) is 46.8 Å². The first-order chi connectivity index (χ1) is 9.94. The maximum absolute atomic E-state index is 12.1. The molecule has 3 rings (SSSR count). The minimum absolute atomic E-state index is 0.231. The molecule has 2 aromatic heterocycles. The van der Waals surface area contributed by atoms with Gasteiger partial charge in [0, 0.05) is 25.2 Å². The van der Waals surface area contributed by atoms with Gasteiger partial charge < -0.3 is 14.0 Å². The SMILES string of the molecule is CC(C)(C)OC(=O)N1CC[C@@H](c2ncc3ccccn23)C1. The summed E-state index contributed by atoms with van der Waals surface area (Å²) in [5, 5.41) is 0. The van der Waals surface area contributed by atoms with Crippen molar-refractivity contribution in [2.24, 2.45) is 0 Å². The Kier molecular flexibility index (Phi) is 3.35. The smallest absolute Gasteiger partial charge is 0.410 e. The molecule has 112 valence electrons. The molecule has 3 heterocycles. The number of amides is 1. The molecule has 21 heavy (non-hydrogen) atoms. The van der Waals surface area contributed by atoms with E-state index in [1.807, 2.05) is 51.4 Å². The van der Waals surface area contributed by atoms with E-state index in [-0.39, 0.29) is 12.0 Å². The lowest BCUT2D eigenvalue weighted by molar-refractivity contribution is 0.0292. The molecule has 0 radical (unpaired) electrons. The Balaban J connectivity index is 1.74. The molecule has 0 unspecified atom stereocenters. The highest BCUT2D eigenvalue weighted by molar-refractivity contribution is 5.68. The standard InChI is InChI=1S/C16H21N3O2/c1-16(2,3)21-15(20)18-9-7-12(11-18)14-17-10-13-6-4-5-8-19(13)14/h4-6,8,10,12H,7,9,11H2,1-3H3/t12-/m1/s1. The van der Waals surface area contributed by atoms with Crippen LogP contribution in [0.2, 0.25) is 0 Å². The second-order valence-electron chi connectivity index (χ2n) is 6.52. The van der Waals surface area contributed by atoms with Gasteiger partial charge in [0.1, 0.15) is 11.4 Å². The number of fused-ring (bicyclic) bond motifs is 1. The normalized spacial score (nSPS) is 19.2. The second-order valence-corrected chi connectivity index (χ2v) is 6.52. The van der Waals surface area contributed by atoms with E-state index in [0.29, 0.717) is 6.54 Å². The minimum Gasteiger partial charge on any atom is -0.444 e. The first-order valence-electron chi connectivity index (χ1n) is 7.34. The highest BCUT2D eigenvalue weighted by Crippen LogP contribution is 2.28. The van der Waals surface area contributed by atoms with Crippen LogP contribution >= 0.6 is 0 Å². The van der Waals surface area contributed by atoms with Crippen LogP contribution in [-0.4, -0.2) is 39.1 Å². The van der Waals surface area contributed by atoms with E-state index in [4.69, 9.17) is 4.74 Å². The fourth-order valence-corrected chi connectivity index (χ4v) is 2.73. The predicted octanol–water partition coefficient (Wildman–Crippen LogP) is 3.06. The molecule has 1 fully saturated rings. The van der Waals surface area contributed by atoms with Crippen LogP contribution in [0.25, 0.3) is 5.52 Å². The summed E-state index contributed by atoms with van der Waals surface area (Å²) in [6, 6.07) is 6.04. The molecular weight excluding hydrogens is 266 g/mol. The third-order valence-corrected chi connectivity index (χ3v) is 3.67. The number of imidazole rings is 1. The van der Waals surface area contributed by atoms with Gasteiger partial charge in [-0.05, 0) is 39.3 Å². The molecule has 1 aliphatic rings. The molecular formula is C16H21N3O2. The number of carbonyl (C=O) groups is 1. The zero-order valence-electron chi connectivity index (χ0n) is 12.7. The van der Waals surface area contributed by atoms with Gasteiger partial charge in [0.2, 0.25) is 0 Å². The Morgan fingerprint density at radius 2 is 2.19 bits per heavy atom. The lowest BCUT2D eigenvalue weighted by atomic mass is 10.1. The van der Waals surface area contributed by atoms with Crippen molar-refractivity contribution in [3.63, 3.8) is 0 Å². The number of nitrogens with zero attached hydrogens (tertiary/aromatic N) is 3. The molecule has 1 saturated heterocycles. The summed E-state index contributed by atoms with van der Waals surface area (Å²) in [4.78, 5) is 18.4. The molecule has 5 nitrogen and oxygen atoms in total. The molecule has 0 aliphatic carbocycles. The van der Waals surface area contributed by atoms with Crippen molar-refractivity contribution in [3.8, 4) is 0 Å². The largest absolute Gasteiger partial charge is 0.444 e.